The molecule has 2 aromatic rings. The molecule has 1 heterocycles. The minimum Gasteiger partial charge on any atom is -0.445 e. The maximum atomic E-state index is 12.3. The van der Waals surface area contributed by atoms with Gasteiger partial charge in [0.1, 0.15) is 11.5 Å². The van der Waals surface area contributed by atoms with Crippen molar-refractivity contribution in [2.75, 3.05) is 6.54 Å². The SMILES string of the molecule is CC1(C)OB(C(=Cc2ccccc2S(=O)(=O)O)CNC(=O)OCc2ccccc2)OC1(C)C. The van der Waals surface area contributed by atoms with Crippen LogP contribution in [0, 0.1) is 0 Å². The monoisotopic (exact) mass is 473 g/mol. The van der Waals surface area contributed by atoms with Gasteiger partial charge in [-0.05, 0) is 50.4 Å². The minimum atomic E-state index is -4.46. The maximum Gasteiger partial charge on any atom is 0.492 e. The second-order valence-electron chi connectivity index (χ2n) is 8.74. The number of hydrogen-bond acceptors (Lipinski definition) is 6. The molecule has 1 saturated heterocycles. The molecule has 1 amide bonds. The van der Waals surface area contributed by atoms with Gasteiger partial charge in [0.15, 0.2) is 0 Å². The number of hydrogen-bond donors (Lipinski definition) is 2. The van der Waals surface area contributed by atoms with Gasteiger partial charge in [-0.15, -0.1) is 0 Å². The summed E-state index contributed by atoms with van der Waals surface area (Å²) in [5.41, 5.74) is 0.252. The number of nitrogens with one attached hydrogen (secondary N) is 1. The highest BCUT2D eigenvalue weighted by atomic mass is 32.2. The van der Waals surface area contributed by atoms with Gasteiger partial charge in [-0.2, -0.15) is 8.42 Å². The lowest BCUT2D eigenvalue weighted by Crippen LogP contribution is -2.41. The van der Waals surface area contributed by atoms with Gasteiger partial charge in [-0.25, -0.2) is 4.79 Å². The van der Waals surface area contributed by atoms with Crippen molar-refractivity contribution >= 4 is 29.4 Å². The number of alkyl carbamates (subject to hydrolysis) is 1. The molecule has 0 saturated carbocycles. The summed E-state index contributed by atoms with van der Waals surface area (Å²) in [7, 11) is -5.31. The van der Waals surface area contributed by atoms with E-state index in [-0.39, 0.29) is 23.6 Å². The zero-order valence-corrected chi connectivity index (χ0v) is 19.9. The molecule has 33 heavy (non-hydrogen) atoms. The molecule has 3 rings (SSSR count). The van der Waals surface area contributed by atoms with Crippen LogP contribution in [0.5, 0.6) is 0 Å². The van der Waals surface area contributed by atoms with E-state index < -0.39 is 34.5 Å². The van der Waals surface area contributed by atoms with Crippen molar-refractivity contribution in [3.63, 3.8) is 0 Å². The van der Waals surface area contributed by atoms with Crippen LogP contribution >= 0.6 is 0 Å². The first kappa shape index (κ1) is 25.0. The highest BCUT2D eigenvalue weighted by Crippen LogP contribution is 2.39. The predicted molar refractivity (Wildman–Crippen MR) is 125 cm³/mol. The number of rotatable bonds is 7. The largest absolute Gasteiger partial charge is 0.492 e. The highest BCUT2D eigenvalue weighted by molar-refractivity contribution is 7.85. The van der Waals surface area contributed by atoms with Gasteiger partial charge < -0.3 is 19.4 Å². The van der Waals surface area contributed by atoms with E-state index in [1.54, 1.807) is 12.1 Å². The summed E-state index contributed by atoms with van der Waals surface area (Å²) in [6, 6.07) is 15.2. The fourth-order valence-electron chi connectivity index (χ4n) is 3.18. The Kier molecular flexibility index (Phi) is 7.33. The van der Waals surface area contributed by atoms with Crippen LogP contribution in [-0.4, -0.2) is 43.9 Å². The van der Waals surface area contributed by atoms with Gasteiger partial charge in [-0.1, -0.05) is 54.6 Å². The molecule has 0 spiro atoms. The van der Waals surface area contributed by atoms with Crippen molar-refractivity contribution in [1.29, 1.82) is 0 Å². The molecule has 0 radical (unpaired) electrons. The van der Waals surface area contributed by atoms with Gasteiger partial charge in [0.25, 0.3) is 10.1 Å². The summed E-state index contributed by atoms with van der Waals surface area (Å²) < 4.78 is 50.7. The van der Waals surface area contributed by atoms with Crippen molar-refractivity contribution < 1.29 is 31.8 Å². The van der Waals surface area contributed by atoms with Gasteiger partial charge in [-0.3, -0.25) is 4.55 Å². The molecule has 2 N–H and O–H groups in total. The molecule has 1 fully saturated rings. The lowest BCUT2D eigenvalue weighted by Gasteiger charge is -2.32. The van der Waals surface area contributed by atoms with Gasteiger partial charge >= 0.3 is 13.2 Å². The summed E-state index contributed by atoms with van der Waals surface area (Å²) in [4.78, 5) is 12.0. The summed E-state index contributed by atoms with van der Waals surface area (Å²) in [6.07, 6.45) is 0.882. The van der Waals surface area contributed by atoms with Crippen LogP contribution in [0.3, 0.4) is 0 Å². The topological polar surface area (TPSA) is 111 Å². The van der Waals surface area contributed by atoms with Gasteiger partial charge in [0.2, 0.25) is 0 Å². The number of amides is 1. The number of benzene rings is 2. The Morgan fingerprint density at radius 1 is 1.03 bits per heavy atom. The second kappa shape index (κ2) is 9.68. The van der Waals surface area contributed by atoms with Crippen molar-refractivity contribution in [1.82, 2.24) is 5.32 Å². The van der Waals surface area contributed by atoms with Crippen LogP contribution in [0.2, 0.25) is 0 Å². The smallest absolute Gasteiger partial charge is 0.445 e. The van der Waals surface area contributed by atoms with E-state index in [2.05, 4.69) is 5.32 Å². The summed E-state index contributed by atoms with van der Waals surface area (Å²) in [5, 5.41) is 2.66. The normalized spacial score (nSPS) is 17.6. The fourth-order valence-corrected chi connectivity index (χ4v) is 3.86. The van der Waals surface area contributed by atoms with Crippen LogP contribution in [-0.2, 0) is 30.8 Å². The van der Waals surface area contributed by atoms with E-state index in [9.17, 15) is 17.8 Å². The third kappa shape index (κ3) is 6.23. The van der Waals surface area contributed by atoms with Gasteiger partial charge in [0.05, 0.1) is 11.2 Å². The zero-order valence-electron chi connectivity index (χ0n) is 19.1. The average molecular weight is 473 g/mol. The standard InChI is InChI=1S/C23H28BNO7S/c1-22(2)23(3,4)32-24(31-22)19(14-18-12-8-9-13-20(18)33(27,28)29)15-25-21(26)30-16-17-10-6-5-7-11-17/h5-14H,15-16H2,1-4H3,(H,25,26)(H,27,28,29). The lowest BCUT2D eigenvalue weighted by atomic mass is 9.77. The van der Waals surface area contributed by atoms with E-state index in [1.807, 2.05) is 58.0 Å². The van der Waals surface area contributed by atoms with Crippen molar-refractivity contribution in [2.45, 2.75) is 50.4 Å². The van der Waals surface area contributed by atoms with Gasteiger partial charge in [0, 0.05) is 6.54 Å². The molecule has 0 atom stereocenters. The van der Waals surface area contributed by atoms with Crippen LogP contribution in [0.15, 0.2) is 65.0 Å². The van der Waals surface area contributed by atoms with Crippen LogP contribution in [0.25, 0.3) is 6.08 Å². The second-order valence-corrected chi connectivity index (χ2v) is 10.1. The third-order valence-electron chi connectivity index (χ3n) is 5.74. The molecule has 1 aliphatic heterocycles. The van der Waals surface area contributed by atoms with Crippen molar-refractivity contribution in [3.8, 4) is 0 Å². The average Bonchev–Trinajstić information content (AvgIpc) is 2.96. The van der Waals surface area contributed by atoms with E-state index in [1.165, 1.54) is 18.2 Å². The zero-order chi connectivity index (χ0) is 24.3. The Bertz CT molecular complexity index is 1110. The Morgan fingerprint density at radius 3 is 2.21 bits per heavy atom. The molecule has 0 aliphatic carbocycles. The maximum absolute atomic E-state index is 12.3. The van der Waals surface area contributed by atoms with Crippen LogP contribution < -0.4 is 5.32 Å². The molecule has 8 nitrogen and oxygen atoms in total. The van der Waals surface area contributed by atoms with E-state index in [4.69, 9.17) is 14.0 Å². The molecular formula is C23H28BNO7S. The number of carbonyl (C=O) groups is 1. The molecule has 176 valence electrons. The molecule has 10 heteroatoms. The summed E-state index contributed by atoms with van der Waals surface area (Å²) >= 11 is 0. The highest BCUT2D eigenvalue weighted by Gasteiger charge is 2.52. The van der Waals surface area contributed by atoms with Crippen LogP contribution in [0.4, 0.5) is 4.79 Å². The molecule has 1 aliphatic rings. The number of carbonyl (C=O) groups excluding carboxylic acids is 1. The van der Waals surface area contributed by atoms with Crippen molar-refractivity contribution in [2.24, 2.45) is 0 Å². The van der Waals surface area contributed by atoms with E-state index in [0.29, 0.717) is 5.47 Å². The third-order valence-corrected chi connectivity index (χ3v) is 6.67. The first-order chi connectivity index (χ1) is 15.4. The Labute approximate surface area is 194 Å². The Morgan fingerprint density at radius 2 is 1.61 bits per heavy atom. The molecule has 2 aromatic carbocycles. The molecule has 0 unspecified atom stereocenters. The quantitative estimate of drug-likeness (QED) is 0.464. The summed E-state index contributed by atoms with van der Waals surface area (Å²) in [5.74, 6) is 0. The van der Waals surface area contributed by atoms with Crippen LogP contribution in [0.1, 0.15) is 38.8 Å². The van der Waals surface area contributed by atoms with E-state index >= 15 is 0 Å². The fraction of sp³-hybridized carbons (Fsp3) is 0.348. The Hall–Kier alpha value is -2.66. The Balaban J connectivity index is 1.83. The minimum absolute atomic E-state index is 0.0236. The number of ether oxygens (including phenoxy) is 1. The summed E-state index contributed by atoms with van der Waals surface area (Å²) in [6.45, 7) is 7.63. The molecule has 0 aromatic heterocycles. The van der Waals surface area contributed by atoms with E-state index in [0.717, 1.165) is 5.56 Å². The first-order valence-corrected chi connectivity index (χ1v) is 11.9. The lowest BCUT2D eigenvalue weighted by molar-refractivity contribution is 0.00578. The first-order valence-electron chi connectivity index (χ1n) is 10.5. The predicted octanol–water partition coefficient (Wildman–Crippen LogP) is 3.87. The molecule has 0 bridgehead atoms. The van der Waals surface area contributed by atoms with Crippen molar-refractivity contribution in [3.05, 3.63) is 71.2 Å². The molecular weight excluding hydrogens is 445 g/mol.